The second-order valence-electron chi connectivity index (χ2n) is 4.66. The summed E-state index contributed by atoms with van der Waals surface area (Å²) < 4.78 is 5.33. The Bertz CT molecular complexity index is 589. The minimum absolute atomic E-state index is 0.363. The first-order valence-electron chi connectivity index (χ1n) is 7.19. The zero-order chi connectivity index (χ0) is 15.1. The Balaban J connectivity index is 2.21. The highest BCUT2D eigenvalue weighted by Crippen LogP contribution is 2.22. The molecule has 0 aliphatic carbocycles. The number of aromatic nitrogens is 2. The van der Waals surface area contributed by atoms with Gasteiger partial charge >= 0.3 is 0 Å². The van der Waals surface area contributed by atoms with Gasteiger partial charge in [0.25, 0.3) is 0 Å². The number of hydrogen-bond donors (Lipinski definition) is 1. The molecule has 0 saturated carbocycles. The van der Waals surface area contributed by atoms with E-state index in [1.54, 1.807) is 6.07 Å². The average molecular weight is 306 g/mol. The fourth-order valence-corrected chi connectivity index (χ4v) is 2.26. The molecule has 0 atom stereocenters. The molecule has 5 heteroatoms. The van der Waals surface area contributed by atoms with Crippen LogP contribution < -0.4 is 5.32 Å². The average Bonchev–Trinajstić information content (AvgIpc) is 2.47. The second-order valence-corrected chi connectivity index (χ2v) is 5.05. The maximum atomic E-state index is 6.05. The molecule has 0 aliphatic heterocycles. The first kappa shape index (κ1) is 15.7. The topological polar surface area (TPSA) is 47.0 Å². The molecule has 0 bridgehead atoms. The van der Waals surface area contributed by atoms with Crippen molar-refractivity contribution in [1.82, 2.24) is 9.97 Å². The molecule has 112 valence electrons. The number of halogens is 1. The standard InChI is InChI=1S/C16H20ClN3O/c1-3-7-12-8-5-6-9-13(12)18-15-10-14(17)19-16(20-15)11-21-4-2/h5-6,8-10H,3-4,7,11H2,1-2H3,(H,18,19,20). The number of para-hydroxylation sites is 1. The van der Waals surface area contributed by atoms with E-state index < -0.39 is 0 Å². The van der Waals surface area contributed by atoms with Crippen molar-refractivity contribution in [2.75, 3.05) is 11.9 Å². The normalized spacial score (nSPS) is 10.6. The summed E-state index contributed by atoms with van der Waals surface area (Å²) in [6.45, 7) is 5.09. The van der Waals surface area contributed by atoms with E-state index in [2.05, 4.69) is 28.3 Å². The van der Waals surface area contributed by atoms with Crippen LogP contribution in [0.3, 0.4) is 0 Å². The summed E-state index contributed by atoms with van der Waals surface area (Å²) in [4.78, 5) is 8.60. The van der Waals surface area contributed by atoms with E-state index in [0.29, 0.717) is 30.0 Å². The molecule has 0 amide bonds. The summed E-state index contributed by atoms with van der Waals surface area (Å²) in [6, 6.07) is 9.94. The molecule has 1 heterocycles. The van der Waals surface area contributed by atoms with E-state index >= 15 is 0 Å². The minimum Gasteiger partial charge on any atom is -0.374 e. The van der Waals surface area contributed by atoms with Crippen molar-refractivity contribution < 1.29 is 4.74 Å². The third kappa shape index (κ3) is 4.69. The minimum atomic E-state index is 0.363. The quantitative estimate of drug-likeness (QED) is 0.772. The summed E-state index contributed by atoms with van der Waals surface area (Å²) in [5, 5.41) is 3.74. The van der Waals surface area contributed by atoms with E-state index in [0.717, 1.165) is 18.5 Å². The Morgan fingerprint density at radius 1 is 1.19 bits per heavy atom. The summed E-state index contributed by atoms with van der Waals surface area (Å²) in [5.41, 5.74) is 2.32. The number of benzene rings is 1. The molecule has 21 heavy (non-hydrogen) atoms. The van der Waals surface area contributed by atoms with Gasteiger partial charge in [-0.2, -0.15) is 0 Å². The fourth-order valence-electron chi connectivity index (χ4n) is 2.05. The number of nitrogens with zero attached hydrogens (tertiary/aromatic N) is 2. The van der Waals surface area contributed by atoms with Gasteiger partial charge in [0, 0.05) is 18.4 Å². The molecule has 0 unspecified atom stereocenters. The number of aryl methyl sites for hydroxylation is 1. The van der Waals surface area contributed by atoms with Gasteiger partial charge in [-0.25, -0.2) is 9.97 Å². The van der Waals surface area contributed by atoms with Gasteiger partial charge in [0.05, 0.1) is 0 Å². The van der Waals surface area contributed by atoms with E-state index in [9.17, 15) is 0 Å². The van der Waals surface area contributed by atoms with Gasteiger partial charge in [-0.15, -0.1) is 0 Å². The van der Waals surface area contributed by atoms with Gasteiger partial charge in [0.2, 0.25) is 0 Å². The highest BCUT2D eigenvalue weighted by atomic mass is 35.5. The van der Waals surface area contributed by atoms with Crippen LogP contribution in [0.15, 0.2) is 30.3 Å². The molecule has 4 nitrogen and oxygen atoms in total. The molecule has 0 aliphatic rings. The van der Waals surface area contributed by atoms with Crippen molar-refractivity contribution in [2.45, 2.75) is 33.3 Å². The van der Waals surface area contributed by atoms with E-state index in [-0.39, 0.29) is 0 Å². The monoisotopic (exact) mass is 305 g/mol. The largest absolute Gasteiger partial charge is 0.374 e. The lowest BCUT2D eigenvalue weighted by molar-refractivity contribution is 0.128. The summed E-state index contributed by atoms with van der Waals surface area (Å²) in [6.07, 6.45) is 2.12. The van der Waals surface area contributed by atoms with Crippen LogP contribution in [0.2, 0.25) is 5.15 Å². The Morgan fingerprint density at radius 3 is 2.76 bits per heavy atom. The van der Waals surface area contributed by atoms with E-state index in [1.807, 2.05) is 25.1 Å². The molecule has 0 spiro atoms. The van der Waals surface area contributed by atoms with Gasteiger partial charge < -0.3 is 10.1 Å². The van der Waals surface area contributed by atoms with Crippen LogP contribution in [0, 0.1) is 0 Å². The molecular weight excluding hydrogens is 286 g/mol. The lowest BCUT2D eigenvalue weighted by Crippen LogP contribution is -2.04. The van der Waals surface area contributed by atoms with Crippen molar-refractivity contribution in [3.05, 3.63) is 46.9 Å². The summed E-state index contributed by atoms with van der Waals surface area (Å²) in [7, 11) is 0. The van der Waals surface area contributed by atoms with Crippen molar-refractivity contribution in [3.8, 4) is 0 Å². The van der Waals surface area contributed by atoms with Gasteiger partial charge in [-0.1, -0.05) is 43.1 Å². The predicted molar refractivity (Wildman–Crippen MR) is 86.1 cm³/mol. The smallest absolute Gasteiger partial charge is 0.158 e. The molecular formula is C16H20ClN3O. The molecule has 0 radical (unpaired) electrons. The SMILES string of the molecule is CCCc1ccccc1Nc1cc(Cl)nc(COCC)n1. The first-order valence-corrected chi connectivity index (χ1v) is 7.56. The molecule has 2 aromatic rings. The summed E-state index contributed by atoms with van der Waals surface area (Å²) >= 11 is 6.05. The van der Waals surface area contributed by atoms with Crippen molar-refractivity contribution in [2.24, 2.45) is 0 Å². The first-order chi connectivity index (χ1) is 10.2. The number of hydrogen-bond acceptors (Lipinski definition) is 4. The molecule has 1 aromatic heterocycles. The van der Waals surface area contributed by atoms with Crippen LogP contribution in [0.5, 0.6) is 0 Å². The molecule has 1 aromatic carbocycles. The number of anilines is 2. The van der Waals surface area contributed by atoms with Crippen LogP contribution in [0.1, 0.15) is 31.7 Å². The zero-order valence-electron chi connectivity index (χ0n) is 12.4. The maximum absolute atomic E-state index is 6.05. The lowest BCUT2D eigenvalue weighted by Gasteiger charge is -2.12. The van der Waals surface area contributed by atoms with Crippen molar-refractivity contribution >= 4 is 23.1 Å². The molecule has 2 rings (SSSR count). The van der Waals surface area contributed by atoms with Crippen molar-refractivity contribution in [1.29, 1.82) is 0 Å². The van der Waals surface area contributed by atoms with Crippen LogP contribution in [-0.2, 0) is 17.8 Å². The van der Waals surface area contributed by atoms with Gasteiger partial charge in [-0.3, -0.25) is 0 Å². The Hall–Kier alpha value is -1.65. The molecule has 0 fully saturated rings. The Kier molecular flexibility index (Phi) is 5.96. The van der Waals surface area contributed by atoms with E-state index in [4.69, 9.17) is 16.3 Å². The molecule has 0 saturated heterocycles. The van der Waals surface area contributed by atoms with Crippen LogP contribution >= 0.6 is 11.6 Å². The van der Waals surface area contributed by atoms with Gasteiger partial charge in [-0.05, 0) is 25.0 Å². The maximum Gasteiger partial charge on any atom is 0.158 e. The Labute approximate surface area is 130 Å². The third-order valence-corrected chi connectivity index (χ3v) is 3.17. The van der Waals surface area contributed by atoms with Crippen LogP contribution in [0.4, 0.5) is 11.5 Å². The number of nitrogens with one attached hydrogen (secondary N) is 1. The van der Waals surface area contributed by atoms with E-state index in [1.165, 1.54) is 5.56 Å². The third-order valence-electron chi connectivity index (χ3n) is 2.98. The summed E-state index contributed by atoms with van der Waals surface area (Å²) in [5.74, 6) is 1.27. The van der Waals surface area contributed by atoms with Crippen molar-refractivity contribution in [3.63, 3.8) is 0 Å². The zero-order valence-corrected chi connectivity index (χ0v) is 13.2. The fraction of sp³-hybridized carbons (Fsp3) is 0.375. The second kappa shape index (κ2) is 7.96. The predicted octanol–water partition coefficient (Wildman–Crippen LogP) is 4.36. The van der Waals surface area contributed by atoms with Gasteiger partial charge in [0.1, 0.15) is 17.6 Å². The highest BCUT2D eigenvalue weighted by Gasteiger charge is 2.06. The lowest BCUT2D eigenvalue weighted by atomic mass is 10.1. The number of rotatable bonds is 7. The Morgan fingerprint density at radius 2 is 2.00 bits per heavy atom. The van der Waals surface area contributed by atoms with Crippen LogP contribution in [0.25, 0.3) is 0 Å². The molecule has 1 N–H and O–H groups in total. The van der Waals surface area contributed by atoms with Gasteiger partial charge in [0.15, 0.2) is 5.82 Å². The highest BCUT2D eigenvalue weighted by molar-refractivity contribution is 6.29. The van der Waals surface area contributed by atoms with Crippen LogP contribution in [-0.4, -0.2) is 16.6 Å². The number of ether oxygens (including phenoxy) is 1.